The first kappa shape index (κ1) is 8.05. The summed E-state index contributed by atoms with van der Waals surface area (Å²) in [5, 5.41) is 0. The largest absolute Gasteiger partial charge is 0.462 e. The van der Waals surface area contributed by atoms with Crippen LogP contribution in [0.2, 0.25) is 0 Å². The van der Waals surface area contributed by atoms with Crippen LogP contribution in [0.25, 0.3) is 0 Å². The summed E-state index contributed by atoms with van der Waals surface area (Å²) in [5.41, 5.74) is 5.66. The predicted molar refractivity (Wildman–Crippen MR) is 44.3 cm³/mol. The summed E-state index contributed by atoms with van der Waals surface area (Å²) in [7, 11) is 0. The minimum Gasteiger partial charge on any atom is -0.462 e. The Labute approximate surface area is 72.3 Å². The van der Waals surface area contributed by atoms with E-state index < -0.39 is 0 Å². The molecule has 3 nitrogen and oxygen atoms in total. The summed E-state index contributed by atoms with van der Waals surface area (Å²) in [5.74, 6) is 1.51. The molecular formula is C9H15NO2. The van der Waals surface area contributed by atoms with Gasteiger partial charge in [-0.3, -0.25) is 4.79 Å². The van der Waals surface area contributed by atoms with E-state index in [-0.39, 0.29) is 12.1 Å². The molecule has 0 amide bonds. The lowest BCUT2D eigenvalue weighted by molar-refractivity contribution is -0.141. The monoisotopic (exact) mass is 169 g/mol. The Morgan fingerprint density at radius 1 is 1.67 bits per heavy atom. The zero-order valence-corrected chi connectivity index (χ0v) is 7.32. The van der Waals surface area contributed by atoms with Gasteiger partial charge in [-0.25, -0.2) is 0 Å². The van der Waals surface area contributed by atoms with Gasteiger partial charge in [0.05, 0.1) is 6.42 Å². The normalized spacial score (nSPS) is 46.0. The van der Waals surface area contributed by atoms with Gasteiger partial charge in [0.15, 0.2) is 0 Å². The van der Waals surface area contributed by atoms with Crippen molar-refractivity contribution >= 4 is 5.97 Å². The molecule has 1 aliphatic carbocycles. The zero-order chi connectivity index (χ0) is 8.72. The first-order valence-electron chi connectivity index (χ1n) is 4.62. The van der Waals surface area contributed by atoms with Crippen molar-refractivity contribution in [2.45, 2.75) is 25.9 Å². The Bertz CT molecular complexity index is 205. The van der Waals surface area contributed by atoms with Crippen molar-refractivity contribution in [1.29, 1.82) is 0 Å². The van der Waals surface area contributed by atoms with Crippen LogP contribution in [0.4, 0.5) is 0 Å². The van der Waals surface area contributed by atoms with E-state index in [9.17, 15) is 4.79 Å². The molecule has 12 heavy (non-hydrogen) atoms. The number of hydrogen-bond acceptors (Lipinski definition) is 3. The fraction of sp³-hybridized carbons (Fsp3) is 0.889. The van der Waals surface area contributed by atoms with Gasteiger partial charge in [0.1, 0.15) is 6.10 Å². The molecule has 0 unspecified atom stereocenters. The number of carbonyl (C=O) groups is 1. The van der Waals surface area contributed by atoms with E-state index in [2.05, 4.69) is 6.92 Å². The number of rotatable bonds is 1. The van der Waals surface area contributed by atoms with Gasteiger partial charge in [0, 0.05) is 5.92 Å². The van der Waals surface area contributed by atoms with Gasteiger partial charge in [-0.2, -0.15) is 0 Å². The number of ether oxygens (including phenoxy) is 1. The van der Waals surface area contributed by atoms with Crippen LogP contribution in [-0.4, -0.2) is 18.6 Å². The van der Waals surface area contributed by atoms with E-state index in [4.69, 9.17) is 10.5 Å². The molecule has 0 bridgehead atoms. The number of fused-ring (bicyclic) bond motifs is 1. The molecular weight excluding hydrogens is 154 g/mol. The third-order valence-corrected chi connectivity index (χ3v) is 3.32. The molecule has 2 N–H and O–H groups in total. The van der Waals surface area contributed by atoms with Crippen LogP contribution in [0.3, 0.4) is 0 Å². The highest BCUT2D eigenvalue weighted by Crippen LogP contribution is 2.43. The fourth-order valence-electron chi connectivity index (χ4n) is 2.65. The Morgan fingerprint density at radius 2 is 2.42 bits per heavy atom. The van der Waals surface area contributed by atoms with Crippen molar-refractivity contribution in [1.82, 2.24) is 0 Å². The maximum Gasteiger partial charge on any atom is 0.306 e. The highest BCUT2D eigenvalue weighted by Gasteiger charge is 2.47. The van der Waals surface area contributed by atoms with Crippen molar-refractivity contribution in [2.75, 3.05) is 6.54 Å². The van der Waals surface area contributed by atoms with Crippen molar-refractivity contribution in [3.05, 3.63) is 0 Å². The standard InChI is InChI=1S/C9H15NO2/c1-5-2-8-6(7(5)4-10)3-9(11)12-8/h5-8H,2-4,10H2,1H3/t5-,6-,7+,8+/m1/s1. The van der Waals surface area contributed by atoms with E-state index in [1.165, 1.54) is 0 Å². The fourth-order valence-corrected chi connectivity index (χ4v) is 2.65. The Morgan fingerprint density at radius 3 is 3.08 bits per heavy atom. The highest BCUT2D eigenvalue weighted by molar-refractivity contribution is 5.72. The molecule has 4 atom stereocenters. The second-order valence-corrected chi connectivity index (χ2v) is 4.01. The molecule has 0 aromatic carbocycles. The molecule has 1 heterocycles. The summed E-state index contributed by atoms with van der Waals surface area (Å²) >= 11 is 0. The zero-order valence-electron chi connectivity index (χ0n) is 7.32. The van der Waals surface area contributed by atoms with Crippen LogP contribution in [0.15, 0.2) is 0 Å². The molecule has 2 rings (SSSR count). The van der Waals surface area contributed by atoms with Gasteiger partial charge in [-0.1, -0.05) is 6.92 Å². The quantitative estimate of drug-likeness (QED) is 0.583. The van der Waals surface area contributed by atoms with Crippen LogP contribution in [0.5, 0.6) is 0 Å². The number of nitrogens with two attached hydrogens (primary N) is 1. The van der Waals surface area contributed by atoms with Crippen molar-refractivity contribution in [3.8, 4) is 0 Å². The van der Waals surface area contributed by atoms with E-state index in [0.717, 1.165) is 6.42 Å². The lowest BCUT2D eigenvalue weighted by atomic mass is 9.89. The Balaban J connectivity index is 2.11. The summed E-state index contributed by atoms with van der Waals surface area (Å²) in [6, 6.07) is 0. The molecule has 3 heteroatoms. The van der Waals surface area contributed by atoms with E-state index in [0.29, 0.717) is 30.7 Å². The van der Waals surface area contributed by atoms with Crippen LogP contribution in [-0.2, 0) is 9.53 Å². The Hall–Kier alpha value is -0.570. The molecule has 2 aliphatic rings. The van der Waals surface area contributed by atoms with Crippen molar-refractivity contribution in [2.24, 2.45) is 23.5 Å². The Kier molecular flexibility index (Phi) is 1.83. The summed E-state index contributed by atoms with van der Waals surface area (Å²) in [4.78, 5) is 11.0. The van der Waals surface area contributed by atoms with Gasteiger partial charge in [0.2, 0.25) is 0 Å². The smallest absolute Gasteiger partial charge is 0.306 e. The second-order valence-electron chi connectivity index (χ2n) is 4.01. The van der Waals surface area contributed by atoms with Crippen molar-refractivity contribution in [3.63, 3.8) is 0 Å². The molecule has 68 valence electrons. The van der Waals surface area contributed by atoms with Crippen LogP contribution in [0.1, 0.15) is 19.8 Å². The van der Waals surface area contributed by atoms with E-state index >= 15 is 0 Å². The van der Waals surface area contributed by atoms with Gasteiger partial charge in [0.25, 0.3) is 0 Å². The number of hydrogen-bond donors (Lipinski definition) is 1. The van der Waals surface area contributed by atoms with E-state index in [1.54, 1.807) is 0 Å². The molecule has 0 aromatic rings. The average molecular weight is 169 g/mol. The third kappa shape index (κ3) is 1.04. The number of carbonyl (C=O) groups excluding carboxylic acids is 1. The molecule has 1 saturated heterocycles. The second kappa shape index (κ2) is 2.73. The molecule has 0 aromatic heterocycles. The maximum absolute atomic E-state index is 11.0. The molecule has 1 saturated carbocycles. The minimum atomic E-state index is -0.0321. The van der Waals surface area contributed by atoms with Crippen LogP contribution >= 0.6 is 0 Å². The summed E-state index contributed by atoms with van der Waals surface area (Å²) in [6.45, 7) is 2.89. The molecule has 2 fully saturated rings. The maximum atomic E-state index is 11.0. The van der Waals surface area contributed by atoms with Crippen LogP contribution in [0, 0.1) is 17.8 Å². The topological polar surface area (TPSA) is 52.3 Å². The van der Waals surface area contributed by atoms with Crippen LogP contribution < -0.4 is 5.73 Å². The lowest BCUT2D eigenvalue weighted by Gasteiger charge is -2.16. The SMILES string of the molecule is C[C@@H]1C[C@@H]2OC(=O)C[C@@H]2[C@H]1CN. The summed E-state index contributed by atoms with van der Waals surface area (Å²) < 4.78 is 5.19. The lowest BCUT2D eigenvalue weighted by Crippen LogP contribution is -2.24. The average Bonchev–Trinajstić information content (AvgIpc) is 2.43. The van der Waals surface area contributed by atoms with Gasteiger partial charge in [-0.05, 0) is 24.8 Å². The first-order chi connectivity index (χ1) is 5.72. The highest BCUT2D eigenvalue weighted by atomic mass is 16.6. The van der Waals surface area contributed by atoms with Gasteiger partial charge >= 0.3 is 5.97 Å². The summed E-state index contributed by atoms with van der Waals surface area (Å²) in [6.07, 6.45) is 1.79. The molecule has 0 spiro atoms. The predicted octanol–water partition coefficient (Wildman–Crippen LogP) is 0.533. The number of esters is 1. The van der Waals surface area contributed by atoms with E-state index in [1.807, 2.05) is 0 Å². The molecule has 0 radical (unpaired) electrons. The minimum absolute atomic E-state index is 0.0321. The van der Waals surface area contributed by atoms with Gasteiger partial charge < -0.3 is 10.5 Å². The first-order valence-corrected chi connectivity index (χ1v) is 4.62. The third-order valence-electron chi connectivity index (χ3n) is 3.32. The van der Waals surface area contributed by atoms with Crippen molar-refractivity contribution < 1.29 is 9.53 Å². The van der Waals surface area contributed by atoms with Gasteiger partial charge in [-0.15, -0.1) is 0 Å². The molecule has 1 aliphatic heterocycles.